The summed E-state index contributed by atoms with van der Waals surface area (Å²) in [6.07, 6.45) is 3.44. The minimum Gasteiger partial charge on any atom is -0.478 e. The summed E-state index contributed by atoms with van der Waals surface area (Å²) in [5, 5.41) is 26.6. The molecule has 154 valence electrons. The minimum absolute atomic E-state index is 0.195. The number of carbonyl (C=O) groups is 1. The van der Waals surface area contributed by atoms with Gasteiger partial charge in [0.1, 0.15) is 11.8 Å². The summed E-state index contributed by atoms with van der Waals surface area (Å²) in [7, 11) is 1.80. The van der Waals surface area contributed by atoms with Gasteiger partial charge in [0.15, 0.2) is 5.69 Å². The predicted molar refractivity (Wildman–Crippen MR) is 117 cm³/mol. The van der Waals surface area contributed by atoms with Gasteiger partial charge < -0.3 is 10.4 Å². The molecule has 2 aromatic heterocycles. The van der Waals surface area contributed by atoms with E-state index >= 15 is 0 Å². The lowest BCUT2D eigenvalue weighted by Gasteiger charge is -2.19. The predicted octanol–water partition coefficient (Wildman–Crippen LogP) is 4.08. The number of carboxylic acid groups (broad SMARTS) is 1. The number of carboxylic acids is 1. The molecule has 2 N–H and O–H groups in total. The zero-order valence-electron chi connectivity index (χ0n) is 17.3. The highest BCUT2D eigenvalue weighted by molar-refractivity contribution is 5.94. The third kappa shape index (κ3) is 3.81. The SMILES string of the molecule is Cc1cc([C@@H](C)Nc2ccccc2C(=O)O)c2nc(-c3cnn(C)c3)c(C#N)nc2c1. The molecule has 0 aliphatic carbocycles. The van der Waals surface area contributed by atoms with Crippen LogP contribution in [0.15, 0.2) is 48.8 Å². The number of nitrogens with zero attached hydrogens (tertiary/aromatic N) is 5. The maximum atomic E-state index is 11.6. The quantitative estimate of drug-likeness (QED) is 0.507. The highest BCUT2D eigenvalue weighted by Gasteiger charge is 2.19. The third-order valence-corrected chi connectivity index (χ3v) is 5.02. The lowest BCUT2D eigenvalue weighted by Crippen LogP contribution is -2.12. The molecule has 0 saturated carbocycles. The number of nitrogens with one attached hydrogen (secondary N) is 1. The van der Waals surface area contributed by atoms with E-state index in [-0.39, 0.29) is 17.3 Å². The van der Waals surface area contributed by atoms with Crippen LogP contribution in [-0.2, 0) is 7.05 Å². The van der Waals surface area contributed by atoms with E-state index in [1.165, 1.54) is 0 Å². The van der Waals surface area contributed by atoms with Crippen molar-refractivity contribution in [2.45, 2.75) is 19.9 Å². The van der Waals surface area contributed by atoms with Gasteiger partial charge in [0, 0.05) is 30.1 Å². The average molecular weight is 412 g/mol. The number of aromatic nitrogens is 4. The Kier molecular flexibility index (Phi) is 5.09. The number of benzene rings is 2. The van der Waals surface area contributed by atoms with Gasteiger partial charge in [0.05, 0.1) is 28.8 Å². The van der Waals surface area contributed by atoms with Crippen molar-refractivity contribution in [3.8, 4) is 17.3 Å². The van der Waals surface area contributed by atoms with E-state index < -0.39 is 5.97 Å². The Bertz CT molecular complexity index is 1350. The molecule has 0 saturated heterocycles. The Labute approximate surface area is 178 Å². The number of hydrogen-bond donors (Lipinski definition) is 2. The molecule has 8 heteroatoms. The van der Waals surface area contributed by atoms with E-state index in [4.69, 9.17) is 4.98 Å². The van der Waals surface area contributed by atoms with Crippen molar-refractivity contribution in [1.29, 1.82) is 5.26 Å². The zero-order valence-corrected chi connectivity index (χ0v) is 17.3. The van der Waals surface area contributed by atoms with Gasteiger partial charge in [-0.2, -0.15) is 10.4 Å². The average Bonchev–Trinajstić information content (AvgIpc) is 3.18. The Balaban J connectivity index is 1.86. The number of para-hydroxylation sites is 1. The first-order valence-corrected chi connectivity index (χ1v) is 9.67. The Morgan fingerprint density at radius 1 is 1.26 bits per heavy atom. The van der Waals surface area contributed by atoms with E-state index in [1.54, 1.807) is 48.4 Å². The van der Waals surface area contributed by atoms with Crippen molar-refractivity contribution in [3.63, 3.8) is 0 Å². The first-order valence-electron chi connectivity index (χ1n) is 9.67. The molecule has 0 spiro atoms. The molecule has 4 rings (SSSR count). The fraction of sp³-hybridized carbons (Fsp3) is 0.174. The molecular weight excluding hydrogens is 392 g/mol. The van der Waals surface area contributed by atoms with E-state index in [0.717, 1.165) is 11.1 Å². The maximum Gasteiger partial charge on any atom is 0.337 e. The van der Waals surface area contributed by atoms with Crippen molar-refractivity contribution in [1.82, 2.24) is 19.7 Å². The lowest BCUT2D eigenvalue weighted by molar-refractivity contribution is 0.0698. The van der Waals surface area contributed by atoms with Crippen molar-refractivity contribution < 1.29 is 9.90 Å². The molecule has 0 unspecified atom stereocenters. The van der Waals surface area contributed by atoms with Gasteiger partial charge in [-0.15, -0.1) is 0 Å². The van der Waals surface area contributed by atoms with Crippen LogP contribution < -0.4 is 5.32 Å². The second-order valence-corrected chi connectivity index (χ2v) is 7.37. The van der Waals surface area contributed by atoms with E-state index in [9.17, 15) is 15.2 Å². The highest BCUT2D eigenvalue weighted by Crippen LogP contribution is 2.30. The molecule has 0 aliphatic heterocycles. The van der Waals surface area contributed by atoms with Crippen LogP contribution in [0.5, 0.6) is 0 Å². The maximum absolute atomic E-state index is 11.6. The normalized spacial score (nSPS) is 11.8. The summed E-state index contributed by atoms with van der Waals surface area (Å²) >= 11 is 0. The van der Waals surface area contributed by atoms with Crippen molar-refractivity contribution >= 4 is 22.7 Å². The number of aromatic carboxylic acids is 1. The second kappa shape index (κ2) is 7.88. The van der Waals surface area contributed by atoms with Crippen LogP contribution in [-0.4, -0.2) is 30.8 Å². The summed E-state index contributed by atoms with van der Waals surface area (Å²) in [6.45, 7) is 3.89. The number of rotatable bonds is 5. The van der Waals surface area contributed by atoms with Crippen molar-refractivity contribution in [2.24, 2.45) is 7.05 Å². The Hall–Kier alpha value is -4.25. The van der Waals surface area contributed by atoms with Gasteiger partial charge >= 0.3 is 5.97 Å². The van der Waals surface area contributed by atoms with Crippen molar-refractivity contribution in [2.75, 3.05) is 5.32 Å². The molecule has 4 aromatic rings. The molecule has 0 fully saturated rings. The highest BCUT2D eigenvalue weighted by atomic mass is 16.4. The molecule has 0 radical (unpaired) electrons. The Morgan fingerprint density at radius 2 is 2.03 bits per heavy atom. The second-order valence-electron chi connectivity index (χ2n) is 7.37. The molecule has 1 atom stereocenters. The standard InChI is InChI=1S/C23H20N6O2/c1-13-8-17(14(2)26-18-7-5-4-6-16(18)23(30)31)22-19(9-13)27-20(10-24)21(28-22)15-11-25-29(3)12-15/h4-9,11-12,14,26H,1-3H3,(H,30,31)/t14-/m1/s1. The Morgan fingerprint density at radius 3 is 2.71 bits per heavy atom. The summed E-state index contributed by atoms with van der Waals surface area (Å²) in [4.78, 5) is 20.9. The van der Waals surface area contributed by atoms with Crippen LogP contribution >= 0.6 is 0 Å². The number of hydrogen-bond acceptors (Lipinski definition) is 6. The van der Waals surface area contributed by atoms with Gasteiger partial charge in [-0.1, -0.05) is 18.2 Å². The molecule has 31 heavy (non-hydrogen) atoms. The largest absolute Gasteiger partial charge is 0.478 e. The van der Waals surface area contributed by atoms with Gasteiger partial charge in [-0.05, 0) is 37.6 Å². The minimum atomic E-state index is -0.998. The molecule has 0 bridgehead atoms. The summed E-state index contributed by atoms with van der Waals surface area (Å²) < 4.78 is 1.64. The molecule has 2 heterocycles. The van der Waals surface area contributed by atoms with Crippen LogP contribution in [0, 0.1) is 18.3 Å². The number of nitriles is 1. The molecule has 8 nitrogen and oxygen atoms in total. The lowest BCUT2D eigenvalue weighted by atomic mass is 10.0. The monoisotopic (exact) mass is 412 g/mol. The number of aryl methyl sites for hydroxylation is 2. The smallest absolute Gasteiger partial charge is 0.337 e. The van der Waals surface area contributed by atoms with Crippen molar-refractivity contribution in [3.05, 3.63) is 71.2 Å². The third-order valence-electron chi connectivity index (χ3n) is 5.02. The van der Waals surface area contributed by atoms with E-state index in [1.807, 2.05) is 26.0 Å². The first kappa shape index (κ1) is 20.0. The van der Waals surface area contributed by atoms with Crippen LogP contribution in [0.1, 0.15) is 40.1 Å². The van der Waals surface area contributed by atoms with Crippen LogP contribution in [0.3, 0.4) is 0 Å². The van der Waals surface area contributed by atoms with Gasteiger partial charge in [-0.3, -0.25) is 4.68 Å². The van der Waals surface area contributed by atoms with Gasteiger partial charge in [-0.25, -0.2) is 14.8 Å². The van der Waals surface area contributed by atoms with Gasteiger partial charge in [0.2, 0.25) is 0 Å². The fourth-order valence-corrected chi connectivity index (χ4v) is 3.59. The summed E-state index contributed by atoms with van der Waals surface area (Å²) in [5.41, 5.74) is 5.20. The van der Waals surface area contributed by atoms with E-state index in [0.29, 0.717) is 28.0 Å². The molecule has 0 aliphatic rings. The first-order chi connectivity index (χ1) is 14.9. The number of anilines is 1. The van der Waals surface area contributed by atoms with Crippen LogP contribution in [0.4, 0.5) is 5.69 Å². The van der Waals surface area contributed by atoms with E-state index in [2.05, 4.69) is 21.5 Å². The van der Waals surface area contributed by atoms with Crippen LogP contribution in [0.25, 0.3) is 22.3 Å². The fourth-order valence-electron chi connectivity index (χ4n) is 3.59. The molecular formula is C23H20N6O2. The van der Waals surface area contributed by atoms with Gasteiger partial charge in [0.25, 0.3) is 0 Å². The zero-order chi connectivity index (χ0) is 22.1. The number of fused-ring (bicyclic) bond motifs is 1. The summed E-state index contributed by atoms with van der Waals surface area (Å²) in [6, 6.07) is 12.5. The molecule has 2 aromatic carbocycles. The molecule has 0 amide bonds. The van der Waals surface area contributed by atoms with Crippen LogP contribution in [0.2, 0.25) is 0 Å². The summed E-state index contributed by atoms with van der Waals surface area (Å²) in [5.74, 6) is -0.998. The topological polar surface area (TPSA) is 117 Å².